The van der Waals surface area contributed by atoms with E-state index in [0.29, 0.717) is 11.5 Å². The van der Waals surface area contributed by atoms with Gasteiger partial charge in [-0.3, -0.25) is 0 Å². The number of rotatable bonds is 4. The van der Waals surface area contributed by atoms with E-state index >= 15 is 0 Å². The minimum atomic E-state index is 0.490. The number of hydrogen-bond acceptors (Lipinski definition) is 3. The Morgan fingerprint density at radius 2 is 2.41 bits per heavy atom. The van der Waals surface area contributed by atoms with Crippen LogP contribution in [-0.2, 0) is 13.5 Å². The Kier molecular flexibility index (Phi) is 4.15. The Morgan fingerprint density at radius 1 is 1.59 bits per heavy atom. The smallest absolute Gasteiger partial charge is 0.109 e. The van der Waals surface area contributed by atoms with Gasteiger partial charge in [0.05, 0.1) is 0 Å². The second-order valence-corrected chi connectivity index (χ2v) is 6.77. The fraction of sp³-hybridized carbons (Fsp3) is 0.769. The van der Waals surface area contributed by atoms with E-state index in [1.807, 2.05) is 12.4 Å². The Hall–Kier alpha value is -0.480. The fourth-order valence-corrected chi connectivity index (χ4v) is 3.73. The van der Waals surface area contributed by atoms with E-state index in [1.165, 1.54) is 23.8 Å². The quantitative estimate of drug-likeness (QED) is 0.891. The van der Waals surface area contributed by atoms with E-state index in [1.54, 1.807) is 0 Å². The Balaban J connectivity index is 1.74. The number of aromatic nitrogens is 2. The number of nitrogens with one attached hydrogen (secondary N) is 1. The minimum Gasteiger partial charge on any atom is -0.338 e. The van der Waals surface area contributed by atoms with Crippen molar-refractivity contribution in [2.24, 2.45) is 12.5 Å². The molecule has 1 aliphatic rings. The van der Waals surface area contributed by atoms with Crippen LogP contribution in [0.3, 0.4) is 0 Å². The van der Waals surface area contributed by atoms with Crippen molar-refractivity contribution in [2.45, 2.75) is 32.7 Å². The van der Waals surface area contributed by atoms with Crippen LogP contribution in [0.1, 0.15) is 26.1 Å². The summed E-state index contributed by atoms with van der Waals surface area (Å²) >= 11 is 2.08. The van der Waals surface area contributed by atoms with Crippen molar-refractivity contribution < 1.29 is 0 Å². The standard InChI is InChI=1S/C13H23N3S/c1-13(2)8-11(9-17-10-13)14-5-4-12-15-6-7-16(12)3/h6-7,11,14H,4-5,8-10H2,1-3H3. The van der Waals surface area contributed by atoms with E-state index in [-0.39, 0.29) is 0 Å². The number of nitrogens with zero attached hydrogens (tertiary/aromatic N) is 2. The van der Waals surface area contributed by atoms with Crippen LogP contribution in [-0.4, -0.2) is 33.6 Å². The summed E-state index contributed by atoms with van der Waals surface area (Å²) in [5.74, 6) is 3.72. The molecule has 3 nitrogen and oxygen atoms in total. The first-order valence-electron chi connectivity index (χ1n) is 6.34. The lowest BCUT2D eigenvalue weighted by Crippen LogP contribution is -2.41. The summed E-state index contributed by atoms with van der Waals surface area (Å²) in [5.41, 5.74) is 0.490. The maximum Gasteiger partial charge on any atom is 0.109 e. The molecule has 1 unspecified atom stereocenters. The Labute approximate surface area is 108 Å². The summed E-state index contributed by atoms with van der Waals surface area (Å²) < 4.78 is 2.10. The van der Waals surface area contributed by atoms with Crippen molar-refractivity contribution in [1.82, 2.24) is 14.9 Å². The second-order valence-electron chi connectivity index (χ2n) is 5.74. The molecule has 2 heterocycles. The van der Waals surface area contributed by atoms with Crippen molar-refractivity contribution in [3.8, 4) is 0 Å². The van der Waals surface area contributed by atoms with Gasteiger partial charge in [0.25, 0.3) is 0 Å². The van der Waals surface area contributed by atoms with Gasteiger partial charge in [0.2, 0.25) is 0 Å². The average molecular weight is 253 g/mol. The van der Waals surface area contributed by atoms with Crippen LogP contribution in [0.2, 0.25) is 0 Å². The molecule has 96 valence electrons. The van der Waals surface area contributed by atoms with E-state index in [2.05, 4.69) is 47.5 Å². The molecule has 1 aromatic rings. The second kappa shape index (κ2) is 5.44. The summed E-state index contributed by atoms with van der Waals surface area (Å²) in [7, 11) is 2.06. The molecular formula is C13H23N3S. The van der Waals surface area contributed by atoms with Gasteiger partial charge in [-0.2, -0.15) is 11.8 Å². The molecule has 1 atom stereocenters. The zero-order valence-electron chi connectivity index (χ0n) is 11.1. The zero-order valence-corrected chi connectivity index (χ0v) is 11.9. The van der Waals surface area contributed by atoms with Crippen molar-refractivity contribution in [3.05, 3.63) is 18.2 Å². The molecule has 2 rings (SSSR count). The third-order valence-corrected chi connectivity index (χ3v) is 4.94. The average Bonchev–Trinajstić information content (AvgIpc) is 2.63. The van der Waals surface area contributed by atoms with Gasteiger partial charge in [0, 0.05) is 44.2 Å². The van der Waals surface area contributed by atoms with E-state index in [9.17, 15) is 0 Å². The van der Waals surface area contributed by atoms with Crippen molar-refractivity contribution in [2.75, 3.05) is 18.1 Å². The summed E-state index contributed by atoms with van der Waals surface area (Å²) in [6.45, 7) is 5.77. The van der Waals surface area contributed by atoms with Crippen LogP contribution in [0.4, 0.5) is 0 Å². The first-order valence-corrected chi connectivity index (χ1v) is 7.50. The molecule has 1 aromatic heterocycles. The molecule has 17 heavy (non-hydrogen) atoms. The normalized spacial score (nSPS) is 23.8. The molecular weight excluding hydrogens is 230 g/mol. The molecule has 0 saturated carbocycles. The monoisotopic (exact) mass is 253 g/mol. The SMILES string of the molecule is Cn1ccnc1CCNC1CSCC(C)(C)C1. The summed E-state index contributed by atoms with van der Waals surface area (Å²) in [6.07, 6.45) is 6.19. The van der Waals surface area contributed by atoms with Gasteiger partial charge in [-0.05, 0) is 17.6 Å². The summed E-state index contributed by atoms with van der Waals surface area (Å²) in [5, 5.41) is 3.67. The van der Waals surface area contributed by atoms with Crippen molar-refractivity contribution >= 4 is 11.8 Å². The third kappa shape index (κ3) is 3.75. The molecule has 4 heteroatoms. The predicted molar refractivity (Wildman–Crippen MR) is 74.4 cm³/mol. The number of thioether (sulfide) groups is 1. The van der Waals surface area contributed by atoms with Crippen LogP contribution in [0.15, 0.2) is 12.4 Å². The number of imidazole rings is 1. The summed E-state index contributed by atoms with van der Waals surface area (Å²) in [6, 6.07) is 0.670. The molecule has 0 aromatic carbocycles. The summed E-state index contributed by atoms with van der Waals surface area (Å²) in [4.78, 5) is 4.34. The third-order valence-electron chi connectivity index (χ3n) is 3.31. The maximum absolute atomic E-state index is 4.34. The van der Waals surface area contributed by atoms with Crippen molar-refractivity contribution in [1.29, 1.82) is 0 Å². The lowest BCUT2D eigenvalue weighted by Gasteiger charge is -2.35. The van der Waals surface area contributed by atoms with Crippen LogP contribution in [0.5, 0.6) is 0 Å². The lowest BCUT2D eigenvalue weighted by atomic mass is 9.88. The Morgan fingerprint density at radius 3 is 3.06 bits per heavy atom. The van der Waals surface area contributed by atoms with Crippen molar-refractivity contribution in [3.63, 3.8) is 0 Å². The van der Waals surface area contributed by atoms with E-state index < -0.39 is 0 Å². The van der Waals surface area contributed by atoms with E-state index in [0.717, 1.165) is 13.0 Å². The fourth-order valence-electron chi connectivity index (χ4n) is 2.42. The maximum atomic E-state index is 4.34. The topological polar surface area (TPSA) is 29.9 Å². The van der Waals surface area contributed by atoms with Gasteiger partial charge < -0.3 is 9.88 Å². The molecule has 1 fully saturated rings. The highest BCUT2D eigenvalue weighted by Gasteiger charge is 2.27. The lowest BCUT2D eigenvalue weighted by molar-refractivity contribution is 0.318. The van der Waals surface area contributed by atoms with Gasteiger partial charge in [0.1, 0.15) is 5.82 Å². The van der Waals surface area contributed by atoms with Gasteiger partial charge in [-0.15, -0.1) is 0 Å². The largest absolute Gasteiger partial charge is 0.338 e. The zero-order chi connectivity index (χ0) is 12.3. The number of hydrogen-bond donors (Lipinski definition) is 1. The molecule has 0 amide bonds. The minimum absolute atomic E-state index is 0.490. The molecule has 1 N–H and O–H groups in total. The highest BCUT2D eigenvalue weighted by Crippen LogP contribution is 2.33. The van der Waals surface area contributed by atoms with E-state index in [4.69, 9.17) is 0 Å². The first kappa shape index (κ1) is 13.0. The number of aryl methyl sites for hydroxylation is 1. The molecule has 0 radical (unpaired) electrons. The molecule has 0 spiro atoms. The van der Waals surface area contributed by atoms with Gasteiger partial charge >= 0.3 is 0 Å². The van der Waals surface area contributed by atoms with Gasteiger partial charge in [0.15, 0.2) is 0 Å². The molecule has 1 saturated heterocycles. The molecule has 0 bridgehead atoms. The first-order chi connectivity index (χ1) is 8.07. The van der Waals surface area contributed by atoms with Crippen LogP contribution < -0.4 is 5.32 Å². The predicted octanol–water partition coefficient (Wildman–Crippen LogP) is 2.08. The van der Waals surface area contributed by atoms with Crippen LogP contribution in [0.25, 0.3) is 0 Å². The Bertz CT molecular complexity index is 359. The van der Waals surface area contributed by atoms with Gasteiger partial charge in [-0.25, -0.2) is 4.98 Å². The van der Waals surface area contributed by atoms with Gasteiger partial charge in [-0.1, -0.05) is 13.8 Å². The molecule has 1 aliphatic heterocycles. The van der Waals surface area contributed by atoms with Crippen LogP contribution in [0, 0.1) is 5.41 Å². The van der Waals surface area contributed by atoms with Crippen LogP contribution >= 0.6 is 11.8 Å². The highest BCUT2D eigenvalue weighted by molar-refractivity contribution is 7.99. The molecule has 0 aliphatic carbocycles. The highest BCUT2D eigenvalue weighted by atomic mass is 32.2.